The van der Waals surface area contributed by atoms with Crippen LogP contribution in [0.4, 0.5) is 0 Å². The number of nitrogens with two attached hydrogens (primary N) is 1. The van der Waals surface area contributed by atoms with Crippen LogP contribution in [0.5, 0.6) is 0 Å². The molecule has 0 fully saturated rings. The topological polar surface area (TPSA) is 52.3 Å². The Morgan fingerprint density at radius 1 is 1.05 bits per heavy atom. The Kier molecular flexibility index (Phi) is 5.16. The fourth-order valence-corrected chi connectivity index (χ4v) is 2.01. The summed E-state index contributed by atoms with van der Waals surface area (Å²) in [6.45, 7) is 0.668. The lowest BCUT2D eigenvalue weighted by Crippen LogP contribution is -2.11. The number of esters is 1. The third-order valence-electron chi connectivity index (χ3n) is 2.99. The molecule has 2 aromatic rings. The fourth-order valence-electron chi connectivity index (χ4n) is 1.88. The lowest BCUT2D eigenvalue weighted by atomic mass is 10.1. The van der Waals surface area contributed by atoms with Crippen LogP contribution in [-0.4, -0.2) is 5.97 Å². The molecule has 0 heterocycles. The fraction of sp³-hybridized carbons (Fsp3) is 0.188. The van der Waals surface area contributed by atoms with Gasteiger partial charge in [-0.1, -0.05) is 48.0 Å². The zero-order valence-corrected chi connectivity index (χ0v) is 11.8. The molecule has 2 N–H and O–H groups in total. The van der Waals surface area contributed by atoms with Crippen molar-refractivity contribution in [1.82, 2.24) is 0 Å². The maximum absolute atomic E-state index is 11.8. The summed E-state index contributed by atoms with van der Waals surface area (Å²) in [4.78, 5) is 11.8. The second-order valence-electron chi connectivity index (χ2n) is 4.44. The van der Waals surface area contributed by atoms with Gasteiger partial charge in [0.2, 0.25) is 0 Å². The van der Waals surface area contributed by atoms with Gasteiger partial charge in [-0.15, -0.1) is 0 Å². The molecule has 20 heavy (non-hydrogen) atoms. The average molecular weight is 290 g/mol. The van der Waals surface area contributed by atoms with Crippen molar-refractivity contribution in [2.45, 2.75) is 19.6 Å². The lowest BCUT2D eigenvalue weighted by Gasteiger charge is -2.08. The maximum atomic E-state index is 11.8. The number of carbonyl (C=O) groups is 1. The van der Waals surface area contributed by atoms with E-state index in [0.29, 0.717) is 11.6 Å². The van der Waals surface area contributed by atoms with Crippen molar-refractivity contribution in [3.63, 3.8) is 0 Å². The standard InChI is InChI=1S/C16H16ClNO2/c17-15-7-5-12(6-8-15)11-20-16(19)9-13-3-1-2-4-14(13)10-18/h1-8H,9-11,18H2. The molecule has 0 aliphatic heterocycles. The summed E-state index contributed by atoms with van der Waals surface area (Å²) in [7, 11) is 0. The van der Waals surface area contributed by atoms with Crippen LogP contribution in [0.2, 0.25) is 5.02 Å². The van der Waals surface area contributed by atoms with E-state index in [1.165, 1.54) is 0 Å². The van der Waals surface area contributed by atoms with Gasteiger partial charge < -0.3 is 10.5 Å². The molecule has 0 amide bonds. The van der Waals surface area contributed by atoms with E-state index in [2.05, 4.69) is 0 Å². The Labute approximate surface area is 123 Å². The van der Waals surface area contributed by atoms with Crippen molar-refractivity contribution in [1.29, 1.82) is 0 Å². The molecule has 0 saturated heterocycles. The number of benzene rings is 2. The first kappa shape index (κ1) is 14.6. The van der Waals surface area contributed by atoms with Crippen LogP contribution in [-0.2, 0) is 29.1 Å². The van der Waals surface area contributed by atoms with Crippen LogP contribution in [0.15, 0.2) is 48.5 Å². The molecule has 3 nitrogen and oxygen atoms in total. The highest BCUT2D eigenvalue weighted by molar-refractivity contribution is 6.30. The minimum atomic E-state index is -0.263. The van der Waals surface area contributed by atoms with Gasteiger partial charge in [0.05, 0.1) is 6.42 Å². The first-order chi connectivity index (χ1) is 9.69. The first-order valence-corrected chi connectivity index (χ1v) is 6.74. The summed E-state index contributed by atoms with van der Waals surface area (Å²) in [6, 6.07) is 14.8. The van der Waals surface area contributed by atoms with Crippen LogP contribution >= 0.6 is 11.6 Å². The minimum absolute atomic E-state index is 0.237. The minimum Gasteiger partial charge on any atom is -0.461 e. The highest BCUT2D eigenvalue weighted by atomic mass is 35.5. The summed E-state index contributed by atoms with van der Waals surface area (Å²) in [5.74, 6) is -0.263. The summed E-state index contributed by atoms with van der Waals surface area (Å²) in [5.41, 5.74) is 8.43. The van der Waals surface area contributed by atoms with Crippen molar-refractivity contribution < 1.29 is 9.53 Å². The van der Waals surface area contributed by atoms with Gasteiger partial charge in [-0.3, -0.25) is 4.79 Å². The molecule has 2 rings (SSSR count). The highest BCUT2D eigenvalue weighted by Crippen LogP contribution is 2.12. The van der Waals surface area contributed by atoms with Crippen LogP contribution in [0.3, 0.4) is 0 Å². The number of carbonyl (C=O) groups excluding carboxylic acids is 1. The Balaban J connectivity index is 1.91. The van der Waals surface area contributed by atoms with E-state index >= 15 is 0 Å². The van der Waals surface area contributed by atoms with Crippen molar-refractivity contribution in [3.8, 4) is 0 Å². The van der Waals surface area contributed by atoms with Crippen LogP contribution in [0.25, 0.3) is 0 Å². The zero-order chi connectivity index (χ0) is 14.4. The van der Waals surface area contributed by atoms with Gasteiger partial charge in [-0.05, 0) is 28.8 Å². The summed E-state index contributed by atoms with van der Waals surface area (Å²) < 4.78 is 5.25. The SMILES string of the molecule is NCc1ccccc1CC(=O)OCc1ccc(Cl)cc1. The predicted molar refractivity (Wildman–Crippen MR) is 79.3 cm³/mol. The van der Waals surface area contributed by atoms with Crippen LogP contribution in [0, 0.1) is 0 Å². The molecule has 4 heteroatoms. The molecule has 0 aromatic heterocycles. The number of rotatable bonds is 5. The Hall–Kier alpha value is -1.84. The molecule has 104 valence electrons. The first-order valence-electron chi connectivity index (χ1n) is 6.36. The van der Waals surface area contributed by atoms with Gasteiger partial charge in [0.1, 0.15) is 6.61 Å². The van der Waals surface area contributed by atoms with E-state index in [1.54, 1.807) is 12.1 Å². The summed E-state index contributed by atoms with van der Waals surface area (Å²) in [5, 5.41) is 0.664. The van der Waals surface area contributed by atoms with Crippen molar-refractivity contribution in [3.05, 3.63) is 70.2 Å². The van der Waals surface area contributed by atoms with Gasteiger partial charge in [0, 0.05) is 11.6 Å². The normalized spacial score (nSPS) is 10.3. The number of halogens is 1. The molecule has 0 spiro atoms. The van der Waals surface area contributed by atoms with Gasteiger partial charge in [-0.2, -0.15) is 0 Å². The quantitative estimate of drug-likeness (QED) is 0.861. The zero-order valence-electron chi connectivity index (χ0n) is 11.0. The summed E-state index contributed by atoms with van der Waals surface area (Å²) >= 11 is 5.80. The van der Waals surface area contributed by atoms with Gasteiger partial charge in [0.15, 0.2) is 0 Å². The van der Waals surface area contributed by atoms with E-state index < -0.39 is 0 Å². The average Bonchev–Trinajstić information content (AvgIpc) is 2.47. The van der Waals surface area contributed by atoms with Crippen LogP contribution in [0.1, 0.15) is 16.7 Å². The molecule has 0 unspecified atom stereocenters. The predicted octanol–water partition coefficient (Wildman–Crippen LogP) is 3.08. The second kappa shape index (κ2) is 7.08. The van der Waals surface area contributed by atoms with Crippen molar-refractivity contribution >= 4 is 17.6 Å². The second-order valence-corrected chi connectivity index (χ2v) is 4.87. The molecule has 0 radical (unpaired) electrons. The molecule has 0 bridgehead atoms. The largest absolute Gasteiger partial charge is 0.461 e. The molecule has 0 aliphatic carbocycles. The Morgan fingerprint density at radius 2 is 1.70 bits per heavy atom. The van der Waals surface area contributed by atoms with Gasteiger partial charge in [-0.25, -0.2) is 0 Å². The monoisotopic (exact) mass is 289 g/mol. The molecular weight excluding hydrogens is 274 g/mol. The number of hydrogen-bond donors (Lipinski definition) is 1. The Morgan fingerprint density at radius 3 is 2.35 bits per heavy atom. The molecule has 2 aromatic carbocycles. The van der Waals surface area contributed by atoms with Gasteiger partial charge >= 0.3 is 5.97 Å². The lowest BCUT2D eigenvalue weighted by molar-refractivity contribution is -0.144. The van der Waals surface area contributed by atoms with E-state index in [4.69, 9.17) is 22.1 Å². The maximum Gasteiger partial charge on any atom is 0.310 e. The molecule has 0 saturated carbocycles. The molecular formula is C16H16ClNO2. The molecule has 0 atom stereocenters. The number of hydrogen-bond acceptors (Lipinski definition) is 3. The smallest absolute Gasteiger partial charge is 0.310 e. The van der Waals surface area contributed by atoms with Gasteiger partial charge in [0.25, 0.3) is 0 Å². The van der Waals surface area contributed by atoms with Crippen LogP contribution < -0.4 is 5.73 Å². The molecule has 0 aliphatic rings. The summed E-state index contributed by atoms with van der Waals surface area (Å²) in [6.07, 6.45) is 0.237. The highest BCUT2D eigenvalue weighted by Gasteiger charge is 2.08. The Bertz CT molecular complexity index is 581. The van der Waals surface area contributed by atoms with E-state index in [9.17, 15) is 4.79 Å². The van der Waals surface area contributed by atoms with E-state index in [0.717, 1.165) is 16.7 Å². The van der Waals surface area contributed by atoms with E-state index in [-0.39, 0.29) is 19.0 Å². The van der Waals surface area contributed by atoms with Crippen molar-refractivity contribution in [2.75, 3.05) is 0 Å². The third kappa shape index (κ3) is 4.08. The van der Waals surface area contributed by atoms with E-state index in [1.807, 2.05) is 36.4 Å². The van der Waals surface area contributed by atoms with Crippen molar-refractivity contribution in [2.24, 2.45) is 5.73 Å². The third-order valence-corrected chi connectivity index (χ3v) is 3.24. The number of ether oxygens (including phenoxy) is 1.